The van der Waals surface area contributed by atoms with E-state index in [1.807, 2.05) is 6.92 Å². The van der Waals surface area contributed by atoms with Gasteiger partial charge in [-0.25, -0.2) is 0 Å². The minimum atomic E-state index is 0.0631. The minimum Gasteiger partial charge on any atom is -0.370 e. The van der Waals surface area contributed by atoms with Gasteiger partial charge in [-0.1, -0.05) is 13.8 Å². The van der Waals surface area contributed by atoms with E-state index in [0.29, 0.717) is 12.0 Å². The first-order valence-corrected chi connectivity index (χ1v) is 3.63. The lowest BCUT2D eigenvalue weighted by Gasteiger charge is -2.14. The van der Waals surface area contributed by atoms with Gasteiger partial charge in [-0.15, -0.1) is 0 Å². The molecule has 0 radical (unpaired) electrons. The van der Waals surface area contributed by atoms with Gasteiger partial charge in [0.05, 0.1) is 0 Å². The van der Waals surface area contributed by atoms with Crippen molar-refractivity contribution in [2.45, 2.75) is 33.2 Å². The molecule has 0 aliphatic carbocycles. The van der Waals surface area contributed by atoms with E-state index in [0.717, 1.165) is 6.42 Å². The lowest BCUT2D eigenvalue weighted by atomic mass is 10.1. The first kappa shape index (κ1) is 9.27. The highest BCUT2D eigenvalue weighted by Gasteiger charge is 2.03. The number of hydrogen-bond acceptors (Lipinski definition) is 1. The van der Waals surface area contributed by atoms with E-state index in [4.69, 9.17) is 11.1 Å². The SMILES string of the molecule is CC(C)CC(C)NC(=N)N. The van der Waals surface area contributed by atoms with Gasteiger partial charge in [-0.2, -0.15) is 0 Å². The van der Waals surface area contributed by atoms with E-state index < -0.39 is 0 Å². The normalized spacial score (nSPS) is 13.2. The molecular weight excluding hydrogens is 126 g/mol. The first-order chi connectivity index (χ1) is 4.52. The molecule has 0 rings (SSSR count). The van der Waals surface area contributed by atoms with Crippen molar-refractivity contribution in [1.82, 2.24) is 5.32 Å². The van der Waals surface area contributed by atoms with E-state index in [2.05, 4.69) is 19.2 Å². The Labute approximate surface area is 62.5 Å². The van der Waals surface area contributed by atoms with Gasteiger partial charge >= 0.3 is 0 Å². The maximum absolute atomic E-state index is 6.94. The number of nitrogens with two attached hydrogens (primary N) is 1. The molecule has 0 aromatic heterocycles. The van der Waals surface area contributed by atoms with Gasteiger partial charge in [0, 0.05) is 6.04 Å². The second kappa shape index (κ2) is 4.14. The Bertz CT molecular complexity index is 109. The molecule has 1 unspecified atom stereocenters. The van der Waals surface area contributed by atoms with Crippen molar-refractivity contribution in [2.24, 2.45) is 11.7 Å². The molecule has 3 heteroatoms. The Morgan fingerprint density at radius 1 is 1.50 bits per heavy atom. The number of rotatable bonds is 3. The molecule has 0 amide bonds. The summed E-state index contributed by atoms with van der Waals surface area (Å²) in [6, 6.07) is 0.317. The predicted molar refractivity (Wildman–Crippen MR) is 44.0 cm³/mol. The van der Waals surface area contributed by atoms with Crippen LogP contribution in [0.1, 0.15) is 27.2 Å². The van der Waals surface area contributed by atoms with Gasteiger partial charge in [0.2, 0.25) is 0 Å². The van der Waals surface area contributed by atoms with Crippen molar-refractivity contribution in [2.75, 3.05) is 0 Å². The van der Waals surface area contributed by atoms with Crippen LogP contribution in [-0.4, -0.2) is 12.0 Å². The van der Waals surface area contributed by atoms with Gasteiger partial charge in [0.25, 0.3) is 0 Å². The third-order valence-corrected chi connectivity index (χ3v) is 1.23. The Balaban J connectivity index is 3.43. The molecule has 0 aromatic carbocycles. The second-order valence-corrected chi connectivity index (χ2v) is 3.09. The average molecular weight is 143 g/mol. The van der Waals surface area contributed by atoms with Gasteiger partial charge in [-0.05, 0) is 19.3 Å². The molecule has 0 bridgehead atoms. The van der Waals surface area contributed by atoms with E-state index in [1.165, 1.54) is 0 Å². The summed E-state index contributed by atoms with van der Waals surface area (Å²) in [6.45, 7) is 6.33. The van der Waals surface area contributed by atoms with Gasteiger partial charge in [0.1, 0.15) is 0 Å². The fraction of sp³-hybridized carbons (Fsp3) is 0.857. The zero-order valence-corrected chi connectivity index (χ0v) is 6.94. The van der Waals surface area contributed by atoms with Crippen LogP contribution >= 0.6 is 0 Å². The molecule has 0 spiro atoms. The lowest BCUT2D eigenvalue weighted by molar-refractivity contribution is 0.489. The summed E-state index contributed by atoms with van der Waals surface area (Å²) in [5.41, 5.74) is 5.14. The average Bonchev–Trinajstić information content (AvgIpc) is 1.58. The standard InChI is InChI=1S/C7H17N3/c1-5(2)4-6(3)10-7(8)9/h5-6H,4H2,1-3H3,(H4,8,9,10). The molecule has 3 nitrogen and oxygen atoms in total. The number of guanidine groups is 1. The maximum Gasteiger partial charge on any atom is 0.185 e. The van der Waals surface area contributed by atoms with Crippen molar-refractivity contribution in [3.8, 4) is 0 Å². The van der Waals surface area contributed by atoms with E-state index in [9.17, 15) is 0 Å². The summed E-state index contributed by atoms with van der Waals surface area (Å²) in [4.78, 5) is 0. The molecule has 60 valence electrons. The fourth-order valence-electron chi connectivity index (χ4n) is 1.03. The summed E-state index contributed by atoms with van der Waals surface area (Å²) in [5, 5.41) is 9.77. The van der Waals surface area contributed by atoms with Crippen LogP contribution in [0.5, 0.6) is 0 Å². The van der Waals surface area contributed by atoms with Crippen molar-refractivity contribution in [1.29, 1.82) is 5.41 Å². The molecule has 1 atom stereocenters. The molecule has 0 saturated heterocycles. The van der Waals surface area contributed by atoms with Crippen LogP contribution in [0.3, 0.4) is 0 Å². The quantitative estimate of drug-likeness (QED) is 0.406. The summed E-state index contributed by atoms with van der Waals surface area (Å²) in [5.74, 6) is 0.718. The molecule has 0 aliphatic heterocycles. The fourth-order valence-corrected chi connectivity index (χ4v) is 1.03. The van der Waals surface area contributed by atoms with Crippen LogP contribution in [0.2, 0.25) is 0 Å². The molecule has 0 aromatic rings. The minimum absolute atomic E-state index is 0.0631. The third kappa shape index (κ3) is 5.41. The van der Waals surface area contributed by atoms with Crippen LogP contribution in [0.15, 0.2) is 0 Å². The van der Waals surface area contributed by atoms with Crippen LogP contribution in [0.4, 0.5) is 0 Å². The molecule has 4 N–H and O–H groups in total. The lowest BCUT2D eigenvalue weighted by Crippen LogP contribution is -2.38. The van der Waals surface area contributed by atoms with Gasteiger partial charge in [-0.3, -0.25) is 5.41 Å². The Morgan fingerprint density at radius 2 is 2.00 bits per heavy atom. The molecule has 10 heavy (non-hydrogen) atoms. The maximum atomic E-state index is 6.94. The van der Waals surface area contributed by atoms with Gasteiger partial charge < -0.3 is 11.1 Å². The molecule has 0 heterocycles. The van der Waals surface area contributed by atoms with Crippen molar-refractivity contribution in [3.05, 3.63) is 0 Å². The molecular formula is C7H17N3. The molecule has 0 fully saturated rings. The van der Waals surface area contributed by atoms with Crippen molar-refractivity contribution in [3.63, 3.8) is 0 Å². The van der Waals surface area contributed by atoms with Gasteiger partial charge in [0.15, 0.2) is 5.96 Å². The van der Waals surface area contributed by atoms with E-state index >= 15 is 0 Å². The largest absolute Gasteiger partial charge is 0.370 e. The van der Waals surface area contributed by atoms with Crippen molar-refractivity contribution >= 4 is 5.96 Å². The highest BCUT2D eigenvalue weighted by Crippen LogP contribution is 2.02. The number of hydrogen-bond donors (Lipinski definition) is 3. The van der Waals surface area contributed by atoms with E-state index in [-0.39, 0.29) is 5.96 Å². The molecule has 0 saturated carbocycles. The van der Waals surface area contributed by atoms with Crippen LogP contribution in [0, 0.1) is 11.3 Å². The molecule has 0 aliphatic rings. The Kier molecular flexibility index (Phi) is 3.84. The topological polar surface area (TPSA) is 61.9 Å². The summed E-state index contributed by atoms with van der Waals surface area (Å²) < 4.78 is 0. The Hall–Kier alpha value is -0.730. The zero-order valence-electron chi connectivity index (χ0n) is 6.94. The monoisotopic (exact) mass is 143 g/mol. The number of nitrogens with one attached hydrogen (secondary N) is 2. The predicted octanol–water partition coefficient (Wildman–Crippen LogP) is 0.904. The van der Waals surface area contributed by atoms with Crippen LogP contribution in [0.25, 0.3) is 0 Å². The Morgan fingerprint density at radius 3 is 2.30 bits per heavy atom. The third-order valence-electron chi connectivity index (χ3n) is 1.23. The first-order valence-electron chi connectivity index (χ1n) is 3.63. The van der Waals surface area contributed by atoms with Crippen LogP contribution in [-0.2, 0) is 0 Å². The van der Waals surface area contributed by atoms with Crippen LogP contribution < -0.4 is 11.1 Å². The summed E-state index contributed by atoms with van der Waals surface area (Å²) in [6.07, 6.45) is 1.06. The van der Waals surface area contributed by atoms with E-state index in [1.54, 1.807) is 0 Å². The summed E-state index contributed by atoms with van der Waals surface area (Å²) in [7, 11) is 0. The second-order valence-electron chi connectivity index (χ2n) is 3.09. The zero-order chi connectivity index (χ0) is 8.15. The smallest absolute Gasteiger partial charge is 0.185 e. The summed E-state index contributed by atoms with van der Waals surface area (Å²) >= 11 is 0. The van der Waals surface area contributed by atoms with Crippen molar-refractivity contribution < 1.29 is 0 Å². The highest BCUT2D eigenvalue weighted by molar-refractivity contribution is 5.74. The highest BCUT2D eigenvalue weighted by atomic mass is 15.1.